The molecule has 0 bridgehead atoms. The van der Waals surface area contributed by atoms with Crippen LogP contribution in [-0.2, 0) is 0 Å². The summed E-state index contributed by atoms with van der Waals surface area (Å²) in [5, 5.41) is 9.68. The fourth-order valence-electron chi connectivity index (χ4n) is 1.56. The number of hydrogen-bond donors (Lipinski definition) is 2. The molecule has 0 aliphatic carbocycles. The van der Waals surface area contributed by atoms with Gasteiger partial charge in [-0.25, -0.2) is 4.98 Å². The van der Waals surface area contributed by atoms with Crippen molar-refractivity contribution in [2.24, 2.45) is 0 Å². The molecule has 0 aliphatic heterocycles. The zero-order chi connectivity index (χ0) is 13.3. The van der Waals surface area contributed by atoms with Crippen LogP contribution >= 0.6 is 11.6 Å². The molecule has 0 radical (unpaired) electrons. The van der Waals surface area contributed by atoms with E-state index in [4.69, 9.17) is 28.3 Å². The van der Waals surface area contributed by atoms with Crippen molar-refractivity contribution in [1.29, 1.82) is 5.26 Å². The summed E-state index contributed by atoms with van der Waals surface area (Å²) in [5.74, 6) is 0.0925. The number of benzene rings is 1. The average Bonchev–Trinajstić information content (AvgIpc) is 2.32. The van der Waals surface area contributed by atoms with Gasteiger partial charge in [-0.15, -0.1) is 0 Å². The van der Waals surface area contributed by atoms with E-state index in [1.807, 2.05) is 25.1 Å². The molecule has 0 fully saturated rings. The van der Waals surface area contributed by atoms with Gasteiger partial charge in [0.25, 0.3) is 0 Å². The van der Waals surface area contributed by atoms with Gasteiger partial charge in [0.15, 0.2) is 0 Å². The van der Waals surface area contributed by atoms with E-state index in [-0.39, 0.29) is 17.3 Å². The number of rotatable bonds is 1. The van der Waals surface area contributed by atoms with Crippen molar-refractivity contribution < 1.29 is 0 Å². The van der Waals surface area contributed by atoms with E-state index in [0.717, 1.165) is 5.56 Å². The normalized spacial score (nSPS) is 10.1. The monoisotopic (exact) mass is 259 g/mol. The maximum Gasteiger partial charge on any atom is 0.222 e. The number of nitrogens with two attached hydrogens (primary N) is 2. The third kappa shape index (κ3) is 2.06. The predicted molar refractivity (Wildman–Crippen MR) is 70.8 cm³/mol. The Morgan fingerprint density at radius 1 is 1.28 bits per heavy atom. The molecule has 0 aliphatic rings. The molecule has 4 N–H and O–H groups in total. The van der Waals surface area contributed by atoms with Crippen molar-refractivity contribution in [3.05, 3.63) is 34.3 Å². The lowest BCUT2D eigenvalue weighted by atomic mass is 10.1. The third-order valence-corrected chi connectivity index (χ3v) is 2.92. The first-order valence-corrected chi connectivity index (χ1v) is 5.50. The van der Waals surface area contributed by atoms with Crippen LogP contribution in [0.25, 0.3) is 11.3 Å². The minimum absolute atomic E-state index is 0.0261. The predicted octanol–water partition coefficient (Wildman–Crippen LogP) is 2.14. The lowest BCUT2D eigenvalue weighted by Gasteiger charge is -2.07. The van der Waals surface area contributed by atoms with E-state index in [9.17, 15) is 0 Å². The van der Waals surface area contributed by atoms with Crippen LogP contribution < -0.4 is 11.5 Å². The maximum atomic E-state index is 9.09. The van der Waals surface area contributed by atoms with E-state index in [1.54, 1.807) is 6.07 Å². The van der Waals surface area contributed by atoms with Crippen LogP contribution in [0, 0.1) is 18.3 Å². The minimum atomic E-state index is 0.0261. The summed E-state index contributed by atoms with van der Waals surface area (Å²) < 4.78 is 0. The van der Waals surface area contributed by atoms with Crippen LogP contribution in [0.2, 0.25) is 5.02 Å². The Morgan fingerprint density at radius 3 is 2.61 bits per heavy atom. The lowest BCUT2D eigenvalue weighted by Crippen LogP contribution is -2.05. The van der Waals surface area contributed by atoms with E-state index >= 15 is 0 Å². The van der Waals surface area contributed by atoms with Gasteiger partial charge in [0, 0.05) is 10.6 Å². The Hall–Kier alpha value is -2.32. The Kier molecular flexibility index (Phi) is 3.04. The summed E-state index contributed by atoms with van der Waals surface area (Å²) in [6.45, 7) is 1.89. The first kappa shape index (κ1) is 12.1. The quantitative estimate of drug-likeness (QED) is 0.817. The highest BCUT2D eigenvalue weighted by atomic mass is 35.5. The minimum Gasteiger partial charge on any atom is -0.382 e. The number of aryl methyl sites for hydroxylation is 1. The van der Waals surface area contributed by atoms with Gasteiger partial charge in [0.05, 0.1) is 5.69 Å². The van der Waals surface area contributed by atoms with E-state index in [0.29, 0.717) is 16.3 Å². The van der Waals surface area contributed by atoms with Gasteiger partial charge in [-0.1, -0.05) is 23.7 Å². The molecular weight excluding hydrogens is 250 g/mol. The summed E-state index contributed by atoms with van der Waals surface area (Å²) in [6.07, 6.45) is 0. The summed E-state index contributed by atoms with van der Waals surface area (Å²) >= 11 is 6.05. The SMILES string of the molecule is Cc1ccc(-c2nc(N)nc(N)c2C#N)cc1Cl. The van der Waals surface area contributed by atoms with Crippen LogP contribution in [0.1, 0.15) is 11.1 Å². The molecule has 90 valence electrons. The molecule has 1 heterocycles. The molecule has 0 spiro atoms. The second-order valence-corrected chi connectivity index (χ2v) is 4.17. The van der Waals surface area contributed by atoms with Gasteiger partial charge in [-0.05, 0) is 18.6 Å². The molecule has 2 aromatic rings. The molecular formula is C12H10ClN5. The second kappa shape index (κ2) is 4.51. The molecule has 2 rings (SSSR count). The Balaban J connectivity index is 2.70. The summed E-state index contributed by atoms with van der Waals surface area (Å²) in [7, 11) is 0. The van der Waals surface area contributed by atoms with Crippen LogP contribution in [-0.4, -0.2) is 9.97 Å². The van der Waals surface area contributed by atoms with Crippen LogP contribution in [0.5, 0.6) is 0 Å². The standard InChI is InChI=1S/C12H10ClN5/c1-6-2-3-7(4-9(6)13)10-8(5-14)11(15)18-12(16)17-10/h2-4H,1H3,(H4,15,16,17,18). The molecule has 0 saturated heterocycles. The zero-order valence-electron chi connectivity index (χ0n) is 9.61. The maximum absolute atomic E-state index is 9.09. The van der Waals surface area contributed by atoms with Crippen LogP contribution in [0.4, 0.5) is 11.8 Å². The number of anilines is 2. The Bertz CT molecular complexity index is 660. The van der Waals surface area contributed by atoms with Gasteiger partial charge in [-0.3, -0.25) is 0 Å². The number of nitriles is 1. The van der Waals surface area contributed by atoms with Gasteiger partial charge in [0.2, 0.25) is 5.95 Å². The fraction of sp³-hybridized carbons (Fsp3) is 0.0833. The van der Waals surface area contributed by atoms with Crippen molar-refractivity contribution >= 4 is 23.4 Å². The molecule has 5 nitrogen and oxygen atoms in total. The van der Waals surface area contributed by atoms with Gasteiger partial charge in [-0.2, -0.15) is 10.2 Å². The number of hydrogen-bond acceptors (Lipinski definition) is 5. The molecule has 0 atom stereocenters. The van der Waals surface area contributed by atoms with E-state index in [2.05, 4.69) is 9.97 Å². The molecule has 0 saturated carbocycles. The first-order valence-electron chi connectivity index (χ1n) is 5.12. The summed E-state index contributed by atoms with van der Waals surface area (Å²) in [6, 6.07) is 7.35. The van der Waals surface area contributed by atoms with Crippen molar-refractivity contribution in [3.8, 4) is 17.3 Å². The topological polar surface area (TPSA) is 102 Å². The highest BCUT2D eigenvalue weighted by Gasteiger charge is 2.13. The Morgan fingerprint density at radius 2 is 2.00 bits per heavy atom. The number of nitrogens with zero attached hydrogens (tertiary/aromatic N) is 3. The largest absolute Gasteiger partial charge is 0.382 e. The van der Waals surface area contributed by atoms with Crippen molar-refractivity contribution in [3.63, 3.8) is 0 Å². The van der Waals surface area contributed by atoms with Gasteiger partial charge < -0.3 is 11.5 Å². The van der Waals surface area contributed by atoms with E-state index < -0.39 is 0 Å². The number of halogens is 1. The molecule has 1 aromatic carbocycles. The molecule has 0 unspecified atom stereocenters. The molecule has 18 heavy (non-hydrogen) atoms. The molecule has 0 amide bonds. The highest BCUT2D eigenvalue weighted by molar-refractivity contribution is 6.31. The first-order chi connectivity index (χ1) is 8.52. The summed E-state index contributed by atoms with van der Waals surface area (Å²) in [4.78, 5) is 7.81. The van der Waals surface area contributed by atoms with Gasteiger partial charge in [0.1, 0.15) is 17.5 Å². The highest BCUT2D eigenvalue weighted by Crippen LogP contribution is 2.28. The molecule has 6 heteroatoms. The average molecular weight is 260 g/mol. The van der Waals surface area contributed by atoms with Gasteiger partial charge >= 0.3 is 0 Å². The number of aromatic nitrogens is 2. The summed E-state index contributed by atoms with van der Waals surface area (Å²) in [5.41, 5.74) is 13.4. The molecule has 1 aromatic heterocycles. The van der Waals surface area contributed by atoms with Crippen molar-refractivity contribution in [2.45, 2.75) is 6.92 Å². The van der Waals surface area contributed by atoms with Crippen molar-refractivity contribution in [1.82, 2.24) is 9.97 Å². The zero-order valence-corrected chi connectivity index (χ0v) is 10.4. The Labute approximate surface area is 109 Å². The second-order valence-electron chi connectivity index (χ2n) is 3.77. The number of nitrogen functional groups attached to an aromatic ring is 2. The van der Waals surface area contributed by atoms with Crippen LogP contribution in [0.3, 0.4) is 0 Å². The third-order valence-electron chi connectivity index (χ3n) is 2.51. The van der Waals surface area contributed by atoms with Crippen LogP contribution in [0.15, 0.2) is 18.2 Å². The lowest BCUT2D eigenvalue weighted by molar-refractivity contribution is 1.18. The van der Waals surface area contributed by atoms with E-state index in [1.165, 1.54) is 0 Å². The smallest absolute Gasteiger partial charge is 0.222 e. The van der Waals surface area contributed by atoms with Crippen molar-refractivity contribution in [2.75, 3.05) is 11.5 Å². The fourth-order valence-corrected chi connectivity index (χ4v) is 1.74.